The average Bonchev–Trinajstić information content (AvgIpc) is 3.01. The fraction of sp³-hybridized carbons (Fsp3) is 0.189. The van der Waals surface area contributed by atoms with Crippen LogP contribution < -0.4 is 0 Å². The molecule has 1 aromatic heterocycles. The van der Waals surface area contributed by atoms with E-state index in [1.54, 1.807) is 0 Å². The molecule has 0 N–H and O–H groups in total. The lowest BCUT2D eigenvalue weighted by Gasteiger charge is -2.35. The number of aryl methyl sites for hydroxylation is 1. The highest BCUT2D eigenvalue weighted by molar-refractivity contribution is 6.09. The van der Waals surface area contributed by atoms with Crippen LogP contribution in [0.25, 0.3) is 32.3 Å². The molecule has 40 heavy (non-hydrogen) atoms. The zero-order chi connectivity index (χ0) is 27.1. The standard InChI is InChI=1S/C37H31NO2/c1-2-40-37(39)36-28-15-9-7-13-26(28)23-35(38-36)33-21-20-31-30-17-16-25-12-6-8-14-27(25)29(30)18-19-32(31)34(33)22-24-10-4-3-5-11-24/h3-19,23,33-34H,2,20-22H2,1H3. The van der Waals surface area contributed by atoms with Crippen LogP contribution in [0.3, 0.4) is 0 Å². The van der Waals surface area contributed by atoms with Crippen LogP contribution in [0.4, 0.5) is 0 Å². The lowest BCUT2D eigenvalue weighted by atomic mass is 9.70. The Hall–Kier alpha value is -4.50. The summed E-state index contributed by atoms with van der Waals surface area (Å²) < 4.78 is 5.44. The summed E-state index contributed by atoms with van der Waals surface area (Å²) in [4.78, 5) is 18.1. The molecule has 0 amide bonds. The summed E-state index contributed by atoms with van der Waals surface area (Å²) in [6.45, 7) is 2.17. The van der Waals surface area contributed by atoms with Crippen LogP contribution in [0.2, 0.25) is 0 Å². The van der Waals surface area contributed by atoms with Gasteiger partial charge in [0.15, 0.2) is 5.69 Å². The Morgan fingerprint density at radius 2 is 1.50 bits per heavy atom. The van der Waals surface area contributed by atoms with E-state index in [9.17, 15) is 4.79 Å². The van der Waals surface area contributed by atoms with Gasteiger partial charge >= 0.3 is 5.97 Å². The molecule has 0 radical (unpaired) electrons. The van der Waals surface area contributed by atoms with Crippen molar-refractivity contribution in [3.8, 4) is 0 Å². The molecule has 0 saturated carbocycles. The molecule has 5 aromatic carbocycles. The molecular formula is C37H31NO2. The van der Waals surface area contributed by atoms with Gasteiger partial charge in [0.2, 0.25) is 0 Å². The maximum atomic E-state index is 13.0. The first-order valence-corrected chi connectivity index (χ1v) is 14.2. The number of esters is 1. The molecular weight excluding hydrogens is 490 g/mol. The van der Waals surface area contributed by atoms with E-state index in [2.05, 4.69) is 91.0 Å². The van der Waals surface area contributed by atoms with Gasteiger partial charge in [0, 0.05) is 17.0 Å². The zero-order valence-corrected chi connectivity index (χ0v) is 22.6. The number of carbonyl (C=O) groups is 1. The predicted octanol–water partition coefficient (Wildman–Crippen LogP) is 8.77. The first kappa shape index (κ1) is 24.5. The molecule has 1 aliphatic carbocycles. The maximum absolute atomic E-state index is 13.0. The van der Waals surface area contributed by atoms with Gasteiger partial charge in [-0.25, -0.2) is 9.78 Å². The summed E-state index contributed by atoms with van der Waals surface area (Å²) in [5, 5.41) is 7.13. The molecule has 2 unspecified atom stereocenters. The normalized spacial score (nSPS) is 16.7. The van der Waals surface area contributed by atoms with E-state index in [1.165, 1.54) is 38.2 Å². The first-order valence-electron chi connectivity index (χ1n) is 14.2. The van der Waals surface area contributed by atoms with Crippen molar-refractivity contribution in [1.82, 2.24) is 4.98 Å². The van der Waals surface area contributed by atoms with Crippen LogP contribution in [-0.4, -0.2) is 17.6 Å². The Bertz CT molecular complexity index is 1870. The lowest BCUT2D eigenvalue weighted by molar-refractivity contribution is 0.0521. The molecule has 0 saturated heterocycles. The second-order valence-corrected chi connectivity index (χ2v) is 10.8. The molecule has 196 valence electrons. The minimum atomic E-state index is -0.353. The molecule has 1 aliphatic rings. The van der Waals surface area contributed by atoms with E-state index in [0.29, 0.717) is 12.3 Å². The van der Waals surface area contributed by atoms with Crippen molar-refractivity contribution < 1.29 is 9.53 Å². The van der Waals surface area contributed by atoms with Crippen LogP contribution >= 0.6 is 0 Å². The van der Waals surface area contributed by atoms with Crippen molar-refractivity contribution in [1.29, 1.82) is 0 Å². The number of ether oxygens (including phenoxy) is 1. The summed E-state index contributed by atoms with van der Waals surface area (Å²) in [5.74, 6) is 0.0726. The number of carbonyl (C=O) groups excluding carboxylic acids is 1. The van der Waals surface area contributed by atoms with Crippen molar-refractivity contribution in [2.45, 2.75) is 38.0 Å². The monoisotopic (exact) mass is 521 g/mol. The predicted molar refractivity (Wildman–Crippen MR) is 163 cm³/mol. The summed E-state index contributed by atoms with van der Waals surface area (Å²) in [6.07, 6.45) is 2.87. The molecule has 2 atom stereocenters. The van der Waals surface area contributed by atoms with Crippen molar-refractivity contribution in [3.05, 3.63) is 137 Å². The zero-order valence-electron chi connectivity index (χ0n) is 22.6. The van der Waals surface area contributed by atoms with E-state index >= 15 is 0 Å². The number of nitrogens with zero attached hydrogens (tertiary/aromatic N) is 1. The van der Waals surface area contributed by atoms with Gasteiger partial charge in [-0.1, -0.05) is 103 Å². The van der Waals surface area contributed by atoms with Gasteiger partial charge in [-0.2, -0.15) is 0 Å². The quantitative estimate of drug-likeness (QED) is 0.168. The molecule has 0 bridgehead atoms. The highest BCUT2D eigenvalue weighted by Gasteiger charge is 2.33. The number of pyridine rings is 1. The maximum Gasteiger partial charge on any atom is 0.357 e. The number of benzene rings is 5. The van der Waals surface area contributed by atoms with Gasteiger partial charge in [-0.3, -0.25) is 0 Å². The van der Waals surface area contributed by atoms with Crippen molar-refractivity contribution in [2.24, 2.45) is 0 Å². The van der Waals surface area contributed by atoms with Gasteiger partial charge in [-0.15, -0.1) is 0 Å². The number of rotatable bonds is 5. The molecule has 0 fully saturated rings. The van der Waals surface area contributed by atoms with Crippen molar-refractivity contribution in [2.75, 3.05) is 6.61 Å². The molecule has 1 heterocycles. The summed E-state index contributed by atoms with van der Waals surface area (Å²) >= 11 is 0. The third-order valence-corrected chi connectivity index (χ3v) is 8.57. The van der Waals surface area contributed by atoms with E-state index in [0.717, 1.165) is 35.7 Å². The molecule has 7 rings (SSSR count). The first-order chi connectivity index (χ1) is 19.7. The van der Waals surface area contributed by atoms with E-state index < -0.39 is 0 Å². The van der Waals surface area contributed by atoms with Crippen LogP contribution in [0, 0.1) is 0 Å². The number of hydrogen-bond acceptors (Lipinski definition) is 3. The summed E-state index contributed by atoms with van der Waals surface area (Å²) in [6, 6.07) is 38.9. The van der Waals surface area contributed by atoms with Gasteiger partial charge in [0.25, 0.3) is 0 Å². The van der Waals surface area contributed by atoms with Crippen LogP contribution in [0.15, 0.2) is 109 Å². The summed E-state index contributed by atoms with van der Waals surface area (Å²) in [7, 11) is 0. The van der Waals surface area contributed by atoms with Crippen LogP contribution in [0.5, 0.6) is 0 Å². The molecule has 0 aliphatic heterocycles. The third kappa shape index (κ3) is 4.23. The largest absolute Gasteiger partial charge is 0.461 e. The Morgan fingerprint density at radius 3 is 2.33 bits per heavy atom. The third-order valence-electron chi connectivity index (χ3n) is 8.57. The van der Waals surface area contributed by atoms with Gasteiger partial charge in [0.1, 0.15) is 0 Å². The van der Waals surface area contributed by atoms with Crippen LogP contribution in [0.1, 0.15) is 58.1 Å². The topological polar surface area (TPSA) is 39.2 Å². The van der Waals surface area contributed by atoms with E-state index in [4.69, 9.17) is 9.72 Å². The highest BCUT2D eigenvalue weighted by Crippen LogP contribution is 2.47. The van der Waals surface area contributed by atoms with E-state index in [-0.39, 0.29) is 17.8 Å². The number of fused-ring (bicyclic) bond motifs is 6. The van der Waals surface area contributed by atoms with Gasteiger partial charge in [0.05, 0.1) is 6.61 Å². The smallest absolute Gasteiger partial charge is 0.357 e. The summed E-state index contributed by atoms with van der Waals surface area (Å²) in [5.41, 5.74) is 5.56. The molecule has 3 heteroatoms. The average molecular weight is 522 g/mol. The van der Waals surface area contributed by atoms with Gasteiger partial charge < -0.3 is 4.74 Å². The Morgan fingerprint density at radius 1 is 0.775 bits per heavy atom. The Balaban J connectivity index is 1.40. The minimum Gasteiger partial charge on any atom is -0.461 e. The Kier molecular flexibility index (Phi) is 6.28. The fourth-order valence-corrected chi connectivity index (χ4v) is 6.75. The van der Waals surface area contributed by atoms with Gasteiger partial charge in [-0.05, 0) is 81.8 Å². The molecule has 3 nitrogen and oxygen atoms in total. The Labute approximate surface area is 234 Å². The van der Waals surface area contributed by atoms with E-state index in [1.807, 2.05) is 25.1 Å². The van der Waals surface area contributed by atoms with Crippen LogP contribution in [-0.2, 0) is 17.6 Å². The van der Waals surface area contributed by atoms with Crippen molar-refractivity contribution >= 4 is 38.3 Å². The number of aromatic nitrogens is 1. The number of hydrogen-bond donors (Lipinski definition) is 0. The molecule has 0 spiro atoms. The fourth-order valence-electron chi connectivity index (χ4n) is 6.75. The highest BCUT2D eigenvalue weighted by atomic mass is 16.5. The second-order valence-electron chi connectivity index (χ2n) is 10.8. The molecule has 6 aromatic rings. The minimum absolute atomic E-state index is 0.184. The SMILES string of the molecule is CCOC(=O)c1nc(C2CCc3c(ccc4c3ccc3ccccc34)C2Cc2ccccc2)cc2ccccc12. The van der Waals surface area contributed by atoms with Crippen molar-refractivity contribution in [3.63, 3.8) is 0 Å². The second kappa shape index (κ2) is 10.2. The lowest BCUT2D eigenvalue weighted by Crippen LogP contribution is -2.23.